The van der Waals surface area contributed by atoms with Crippen LogP contribution in [0.1, 0.15) is 37.8 Å². The molecule has 0 aliphatic carbocycles. The number of halogens is 1. The van der Waals surface area contributed by atoms with Gasteiger partial charge in [0.2, 0.25) is 0 Å². The minimum atomic E-state index is -0.305. The van der Waals surface area contributed by atoms with Gasteiger partial charge in [-0.05, 0) is 37.5 Å². The van der Waals surface area contributed by atoms with E-state index in [1.807, 2.05) is 12.1 Å². The SMILES string of the molecule is CCCOCOc1[c]cccc1N1CCC(c2noc3cc(F)ccc23)CC1. The summed E-state index contributed by atoms with van der Waals surface area (Å²) in [6, 6.07) is 13.7. The van der Waals surface area contributed by atoms with Crippen LogP contribution in [-0.2, 0) is 4.74 Å². The number of hydrogen-bond donors (Lipinski definition) is 0. The van der Waals surface area contributed by atoms with Gasteiger partial charge in [-0.2, -0.15) is 0 Å². The normalized spacial score (nSPS) is 15.3. The Kier molecular flexibility index (Phi) is 5.76. The van der Waals surface area contributed by atoms with Gasteiger partial charge < -0.3 is 18.9 Å². The number of aromatic nitrogens is 1. The van der Waals surface area contributed by atoms with Crippen LogP contribution in [0.4, 0.5) is 10.1 Å². The standard InChI is InChI=1S/C22H24FN2O3/c1-2-13-26-15-27-20-6-4-3-5-19(20)25-11-9-16(10-12-25)22-18-8-7-17(23)14-21(18)28-24-22/h3-5,7-8,14,16H,2,9-13,15H2,1H3. The Balaban J connectivity index is 1.43. The van der Waals surface area contributed by atoms with E-state index in [9.17, 15) is 4.39 Å². The summed E-state index contributed by atoms with van der Waals surface area (Å²) < 4.78 is 29.9. The lowest BCUT2D eigenvalue weighted by Gasteiger charge is -2.33. The van der Waals surface area contributed by atoms with Gasteiger partial charge in [0.1, 0.15) is 5.82 Å². The zero-order chi connectivity index (χ0) is 19.3. The van der Waals surface area contributed by atoms with E-state index in [4.69, 9.17) is 14.0 Å². The van der Waals surface area contributed by atoms with Crippen LogP contribution in [0, 0.1) is 11.9 Å². The molecule has 6 heteroatoms. The number of piperidine rings is 1. The fourth-order valence-electron chi connectivity index (χ4n) is 3.70. The summed E-state index contributed by atoms with van der Waals surface area (Å²) in [5.41, 5.74) is 2.48. The fourth-order valence-corrected chi connectivity index (χ4v) is 3.70. The van der Waals surface area contributed by atoms with Crippen LogP contribution in [0.25, 0.3) is 11.0 Å². The summed E-state index contributed by atoms with van der Waals surface area (Å²) in [6.07, 6.45) is 2.85. The van der Waals surface area contributed by atoms with Gasteiger partial charge in [0.25, 0.3) is 0 Å². The molecule has 2 aromatic carbocycles. The van der Waals surface area contributed by atoms with Crippen molar-refractivity contribution in [2.24, 2.45) is 0 Å². The second-order valence-corrected chi connectivity index (χ2v) is 7.02. The molecule has 0 atom stereocenters. The minimum Gasteiger partial charge on any atom is -0.465 e. The number of benzene rings is 2. The number of para-hydroxylation sites is 1. The molecule has 1 aliphatic heterocycles. The van der Waals surface area contributed by atoms with Gasteiger partial charge in [-0.25, -0.2) is 4.39 Å². The topological polar surface area (TPSA) is 47.7 Å². The summed E-state index contributed by atoms with van der Waals surface area (Å²) >= 11 is 0. The van der Waals surface area contributed by atoms with Crippen LogP contribution < -0.4 is 9.64 Å². The Bertz CT molecular complexity index is 919. The first kappa shape index (κ1) is 18.7. The highest BCUT2D eigenvalue weighted by atomic mass is 19.1. The van der Waals surface area contributed by atoms with Gasteiger partial charge in [0.15, 0.2) is 18.1 Å². The Hall–Kier alpha value is -2.60. The Labute approximate surface area is 164 Å². The molecular formula is C22H24FN2O3. The van der Waals surface area contributed by atoms with E-state index in [0.29, 0.717) is 18.1 Å². The smallest absolute Gasteiger partial charge is 0.189 e. The molecule has 3 aromatic rings. The fraction of sp³-hybridized carbons (Fsp3) is 0.409. The summed E-state index contributed by atoms with van der Waals surface area (Å²) in [4.78, 5) is 2.31. The van der Waals surface area contributed by atoms with Crippen molar-refractivity contribution in [2.75, 3.05) is 31.4 Å². The highest BCUT2D eigenvalue weighted by Crippen LogP contribution is 2.36. The number of fused-ring (bicyclic) bond motifs is 1. The Morgan fingerprint density at radius 3 is 2.96 bits per heavy atom. The van der Waals surface area contributed by atoms with Crippen LogP contribution in [0.5, 0.6) is 5.75 Å². The quantitative estimate of drug-likeness (QED) is 0.428. The molecule has 0 N–H and O–H groups in total. The summed E-state index contributed by atoms with van der Waals surface area (Å²) in [6.45, 7) is 4.75. The van der Waals surface area contributed by atoms with Gasteiger partial charge in [-0.15, -0.1) is 0 Å². The van der Waals surface area contributed by atoms with Crippen molar-refractivity contribution in [3.05, 3.63) is 54.0 Å². The van der Waals surface area contributed by atoms with Crippen molar-refractivity contribution < 1.29 is 18.4 Å². The summed E-state index contributed by atoms with van der Waals surface area (Å²) in [7, 11) is 0. The third-order valence-electron chi connectivity index (χ3n) is 5.12. The molecule has 0 spiro atoms. The zero-order valence-corrected chi connectivity index (χ0v) is 16.0. The lowest BCUT2D eigenvalue weighted by molar-refractivity contribution is 0.0157. The van der Waals surface area contributed by atoms with Crippen LogP contribution in [0.15, 0.2) is 40.9 Å². The van der Waals surface area contributed by atoms with E-state index in [0.717, 1.165) is 54.9 Å². The third kappa shape index (κ3) is 3.97. The third-order valence-corrected chi connectivity index (χ3v) is 5.12. The first-order valence-electron chi connectivity index (χ1n) is 9.77. The number of nitrogens with zero attached hydrogens (tertiary/aromatic N) is 2. The van der Waals surface area contributed by atoms with Gasteiger partial charge in [0, 0.05) is 36.5 Å². The Morgan fingerprint density at radius 2 is 2.14 bits per heavy atom. The maximum atomic E-state index is 13.4. The molecule has 1 fully saturated rings. The van der Waals surface area contributed by atoms with Crippen molar-refractivity contribution in [1.82, 2.24) is 5.16 Å². The summed E-state index contributed by atoms with van der Waals surface area (Å²) in [5, 5.41) is 5.13. The maximum absolute atomic E-state index is 13.4. The van der Waals surface area contributed by atoms with Crippen molar-refractivity contribution in [3.63, 3.8) is 0 Å². The molecule has 0 saturated carbocycles. The predicted octanol–water partition coefficient (Wildman–Crippen LogP) is 4.91. The molecular weight excluding hydrogens is 359 g/mol. The van der Waals surface area contributed by atoms with Gasteiger partial charge >= 0.3 is 0 Å². The van der Waals surface area contributed by atoms with Crippen molar-refractivity contribution in [1.29, 1.82) is 0 Å². The summed E-state index contributed by atoms with van der Waals surface area (Å²) in [5.74, 6) is 0.716. The Morgan fingerprint density at radius 1 is 1.29 bits per heavy atom. The van der Waals surface area contributed by atoms with E-state index in [2.05, 4.69) is 29.1 Å². The molecule has 0 unspecified atom stereocenters. The molecule has 1 saturated heterocycles. The second-order valence-electron chi connectivity index (χ2n) is 7.02. The van der Waals surface area contributed by atoms with Crippen molar-refractivity contribution in [2.45, 2.75) is 32.1 Å². The lowest BCUT2D eigenvalue weighted by atomic mass is 9.91. The number of hydrogen-bond acceptors (Lipinski definition) is 5. The zero-order valence-electron chi connectivity index (χ0n) is 16.0. The molecule has 1 radical (unpaired) electrons. The predicted molar refractivity (Wildman–Crippen MR) is 105 cm³/mol. The molecule has 4 rings (SSSR count). The molecule has 28 heavy (non-hydrogen) atoms. The van der Waals surface area contributed by atoms with Crippen LogP contribution >= 0.6 is 0 Å². The minimum absolute atomic E-state index is 0.235. The van der Waals surface area contributed by atoms with Gasteiger partial charge in [0.05, 0.1) is 18.0 Å². The highest BCUT2D eigenvalue weighted by Gasteiger charge is 2.26. The van der Waals surface area contributed by atoms with E-state index in [-0.39, 0.29) is 12.6 Å². The molecule has 2 heterocycles. The van der Waals surface area contributed by atoms with E-state index in [1.54, 1.807) is 6.07 Å². The van der Waals surface area contributed by atoms with Gasteiger partial charge in [-0.3, -0.25) is 0 Å². The molecule has 0 bridgehead atoms. The number of rotatable bonds is 7. The second kappa shape index (κ2) is 8.61. The van der Waals surface area contributed by atoms with E-state index < -0.39 is 0 Å². The van der Waals surface area contributed by atoms with Crippen molar-refractivity contribution in [3.8, 4) is 5.75 Å². The first-order chi connectivity index (χ1) is 13.8. The lowest BCUT2D eigenvalue weighted by Crippen LogP contribution is -2.33. The molecule has 147 valence electrons. The molecule has 0 amide bonds. The van der Waals surface area contributed by atoms with Crippen molar-refractivity contribution >= 4 is 16.7 Å². The van der Waals surface area contributed by atoms with E-state index in [1.165, 1.54) is 12.1 Å². The monoisotopic (exact) mass is 383 g/mol. The number of ether oxygens (including phenoxy) is 2. The molecule has 1 aliphatic rings. The average Bonchev–Trinajstić information content (AvgIpc) is 3.15. The molecule has 1 aromatic heterocycles. The van der Waals surface area contributed by atoms with E-state index >= 15 is 0 Å². The van der Waals surface area contributed by atoms with Crippen LogP contribution in [0.3, 0.4) is 0 Å². The highest BCUT2D eigenvalue weighted by molar-refractivity contribution is 5.80. The van der Waals surface area contributed by atoms with Gasteiger partial charge in [-0.1, -0.05) is 24.2 Å². The van der Waals surface area contributed by atoms with Crippen LogP contribution in [-0.4, -0.2) is 31.6 Å². The molecule has 5 nitrogen and oxygen atoms in total. The average molecular weight is 383 g/mol. The first-order valence-corrected chi connectivity index (χ1v) is 9.77. The number of anilines is 1. The van der Waals surface area contributed by atoms with Crippen LogP contribution in [0.2, 0.25) is 0 Å². The largest absolute Gasteiger partial charge is 0.465 e. The maximum Gasteiger partial charge on any atom is 0.189 e.